The van der Waals surface area contributed by atoms with Crippen molar-refractivity contribution in [2.45, 2.75) is 10.6 Å². The van der Waals surface area contributed by atoms with Crippen molar-refractivity contribution in [3.63, 3.8) is 0 Å². The van der Waals surface area contributed by atoms with Gasteiger partial charge in [0.1, 0.15) is 5.52 Å². The van der Waals surface area contributed by atoms with Crippen LogP contribution in [0.3, 0.4) is 0 Å². The van der Waals surface area contributed by atoms with Gasteiger partial charge < -0.3 is 10.2 Å². The summed E-state index contributed by atoms with van der Waals surface area (Å²) in [6, 6.07) is 13.7. The highest BCUT2D eigenvalue weighted by Gasteiger charge is 2.06. The van der Waals surface area contributed by atoms with E-state index >= 15 is 0 Å². The number of halogens is 1. The lowest BCUT2D eigenvalue weighted by Crippen LogP contribution is -1.82. The van der Waals surface area contributed by atoms with E-state index in [1.165, 1.54) is 4.90 Å². The number of fused-ring (bicyclic) bond motifs is 1. The van der Waals surface area contributed by atoms with Crippen molar-refractivity contribution < 1.29 is 4.42 Å². The molecule has 1 aromatic heterocycles. The molecule has 0 saturated carbocycles. The van der Waals surface area contributed by atoms with Gasteiger partial charge in [0.2, 0.25) is 5.89 Å². The van der Waals surface area contributed by atoms with Crippen LogP contribution in [0.4, 0.5) is 5.69 Å². The molecular weight excluding hydrogens is 324 g/mol. The topological polar surface area (TPSA) is 52.0 Å². The number of rotatable bonds is 3. The SMILES string of the molecule is Nc1ccc2oc(CSc3ccc(Br)cc3)nc2c1. The van der Waals surface area contributed by atoms with Gasteiger partial charge in [0.25, 0.3) is 0 Å². The Morgan fingerprint density at radius 2 is 1.95 bits per heavy atom. The summed E-state index contributed by atoms with van der Waals surface area (Å²) >= 11 is 5.11. The quantitative estimate of drug-likeness (QED) is 0.567. The number of nitrogens with zero attached hydrogens (tertiary/aromatic N) is 1. The Hall–Kier alpha value is -1.46. The minimum atomic E-state index is 0.702. The molecule has 1 heterocycles. The smallest absolute Gasteiger partial charge is 0.205 e. The average molecular weight is 335 g/mol. The van der Waals surface area contributed by atoms with Crippen molar-refractivity contribution in [1.82, 2.24) is 4.98 Å². The fourth-order valence-corrected chi connectivity index (χ4v) is 2.74. The zero-order valence-corrected chi connectivity index (χ0v) is 12.4. The standard InChI is InChI=1S/C14H11BrN2OS/c15-9-1-4-11(5-2-9)19-8-14-17-12-7-10(16)3-6-13(12)18-14/h1-7H,8,16H2. The van der Waals surface area contributed by atoms with Gasteiger partial charge in [-0.05, 0) is 42.5 Å². The first kappa shape index (κ1) is 12.6. The number of thioether (sulfide) groups is 1. The molecule has 0 atom stereocenters. The number of hydrogen-bond donors (Lipinski definition) is 1. The fraction of sp³-hybridized carbons (Fsp3) is 0.0714. The number of oxazole rings is 1. The minimum Gasteiger partial charge on any atom is -0.440 e. The molecule has 0 aliphatic rings. The largest absolute Gasteiger partial charge is 0.440 e. The molecular formula is C14H11BrN2OS. The van der Waals surface area contributed by atoms with Crippen LogP contribution in [0.5, 0.6) is 0 Å². The minimum absolute atomic E-state index is 0.702. The van der Waals surface area contributed by atoms with Crippen LogP contribution in [0.1, 0.15) is 5.89 Å². The van der Waals surface area contributed by atoms with Gasteiger partial charge in [-0.1, -0.05) is 15.9 Å². The van der Waals surface area contributed by atoms with E-state index in [4.69, 9.17) is 10.2 Å². The van der Waals surface area contributed by atoms with Crippen molar-refractivity contribution in [3.8, 4) is 0 Å². The number of hydrogen-bond acceptors (Lipinski definition) is 4. The van der Waals surface area contributed by atoms with Gasteiger partial charge in [0.05, 0.1) is 5.75 Å². The van der Waals surface area contributed by atoms with Crippen molar-refractivity contribution in [1.29, 1.82) is 0 Å². The fourth-order valence-electron chi connectivity index (χ4n) is 1.73. The van der Waals surface area contributed by atoms with Gasteiger partial charge in [-0.2, -0.15) is 0 Å². The average Bonchev–Trinajstić information content (AvgIpc) is 2.80. The van der Waals surface area contributed by atoms with Gasteiger partial charge in [0.15, 0.2) is 5.58 Å². The van der Waals surface area contributed by atoms with E-state index in [0.29, 0.717) is 17.3 Å². The molecule has 0 aliphatic heterocycles. The number of anilines is 1. The van der Waals surface area contributed by atoms with Crippen LogP contribution in [0.15, 0.2) is 56.2 Å². The second-order valence-electron chi connectivity index (χ2n) is 4.08. The molecule has 96 valence electrons. The Kier molecular flexibility index (Phi) is 3.48. The Morgan fingerprint density at radius 3 is 2.74 bits per heavy atom. The van der Waals surface area contributed by atoms with Crippen LogP contribution in [0.25, 0.3) is 11.1 Å². The summed E-state index contributed by atoms with van der Waals surface area (Å²) in [5.74, 6) is 1.42. The van der Waals surface area contributed by atoms with E-state index in [2.05, 4.69) is 33.0 Å². The first-order chi connectivity index (χ1) is 9.20. The maximum atomic E-state index is 5.72. The van der Waals surface area contributed by atoms with Crippen LogP contribution >= 0.6 is 27.7 Å². The van der Waals surface area contributed by atoms with Gasteiger partial charge in [0, 0.05) is 15.1 Å². The van der Waals surface area contributed by atoms with Crippen LogP contribution in [0, 0.1) is 0 Å². The maximum absolute atomic E-state index is 5.72. The summed E-state index contributed by atoms with van der Waals surface area (Å²) in [5, 5.41) is 0. The molecule has 19 heavy (non-hydrogen) atoms. The van der Waals surface area contributed by atoms with Crippen LogP contribution in [-0.4, -0.2) is 4.98 Å². The van der Waals surface area contributed by atoms with Crippen LogP contribution in [0.2, 0.25) is 0 Å². The van der Waals surface area contributed by atoms with E-state index in [9.17, 15) is 0 Å². The van der Waals surface area contributed by atoms with Gasteiger partial charge in [-0.15, -0.1) is 11.8 Å². The molecule has 0 saturated heterocycles. The molecule has 3 rings (SSSR count). The lowest BCUT2D eigenvalue weighted by atomic mass is 10.3. The highest BCUT2D eigenvalue weighted by atomic mass is 79.9. The number of nitrogens with two attached hydrogens (primary N) is 1. The van der Waals surface area contributed by atoms with E-state index in [0.717, 1.165) is 15.6 Å². The zero-order valence-electron chi connectivity index (χ0n) is 9.97. The molecule has 3 nitrogen and oxygen atoms in total. The summed E-state index contributed by atoms with van der Waals surface area (Å²) in [7, 11) is 0. The molecule has 0 unspecified atom stereocenters. The molecule has 0 fully saturated rings. The Morgan fingerprint density at radius 1 is 1.16 bits per heavy atom. The number of benzene rings is 2. The molecule has 0 aliphatic carbocycles. The molecule has 0 spiro atoms. The van der Waals surface area contributed by atoms with E-state index < -0.39 is 0 Å². The predicted molar refractivity (Wildman–Crippen MR) is 82.1 cm³/mol. The predicted octanol–water partition coefficient (Wildman–Crippen LogP) is 4.46. The Bertz CT molecular complexity index is 709. The summed E-state index contributed by atoms with van der Waals surface area (Å²) in [5.41, 5.74) is 8.01. The lowest BCUT2D eigenvalue weighted by Gasteiger charge is -1.98. The Balaban J connectivity index is 1.76. The molecule has 0 radical (unpaired) electrons. The summed E-state index contributed by atoms with van der Waals surface area (Å²) in [6.45, 7) is 0. The second kappa shape index (κ2) is 5.27. The van der Waals surface area contributed by atoms with Gasteiger partial charge in [-0.25, -0.2) is 4.98 Å². The van der Waals surface area contributed by atoms with Crippen molar-refractivity contribution in [3.05, 3.63) is 52.8 Å². The monoisotopic (exact) mass is 334 g/mol. The molecule has 3 aromatic rings. The first-order valence-electron chi connectivity index (χ1n) is 5.74. The third-order valence-electron chi connectivity index (χ3n) is 2.63. The first-order valence-corrected chi connectivity index (χ1v) is 7.52. The van der Waals surface area contributed by atoms with Crippen molar-refractivity contribution >= 4 is 44.5 Å². The molecule has 0 amide bonds. The summed E-state index contributed by atoms with van der Waals surface area (Å²) in [6.07, 6.45) is 0. The van der Waals surface area contributed by atoms with Gasteiger partial charge >= 0.3 is 0 Å². The maximum Gasteiger partial charge on any atom is 0.205 e. The van der Waals surface area contributed by atoms with E-state index in [1.807, 2.05) is 30.3 Å². The highest BCUT2D eigenvalue weighted by molar-refractivity contribution is 9.10. The molecule has 5 heteroatoms. The van der Waals surface area contributed by atoms with Gasteiger partial charge in [-0.3, -0.25) is 0 Å². The van der Waals surface area contributed by atoms with E-state index in [-0.39, 0.29) is 0 Å². The van der Waals surface area contributed by atoms with Crippen molar-refractivity contribution in [2.24, 2.45) is 0 Å². The summed E-state index contributed by atoms with van der Waals surface area (Å²) < 4.78 is 6.75. The molecule has 2 aromatic carbocycles. The van der Waals surface area contributed by atoms with Crippen LogP contribution < -0.4 is 5.73 Å². The Labute approximate surface area is 123 Å². The van der Waals surface area contributed by atoms with Crippen LogP contribution in [-0.2, 0) is 5.75 Å². The van der Waals surface area contributed by atoms with E-state index in [1.54, 1.807) is 11.8 Å². The zero-order chi connectivity index (χ0) is 13.2. The molecule has 0 bridgehead atoms. The normalized spacial score (nSPS) is 11.0. The second-order valence-corrected chi connectivity index (χ2v) is 6.04. The number of aromatic nitrogens is 1. The highest BCUT2D eigenvalue weighted by Crippen LogP contribution is 2.26. The molecule has 2 N–H and O–H groups in total. The van der Waals surface area contributed by atoms with Crippen molar-refractivity contribution in [2.75, 3.05) is 5.73 Å². The lowest BCUT2D eigenvalue weighted by molar-refractivity contribution is 0.556. The third-order valence-corrected chi connectivity index (χ3v) is 4.16. The third kappa shape index (κ3) is 2.93. The number of nitrogen functional groups attached to an aromatic ring is 1. The summed E-state index contributed by atoms with van der Waals surface area (Å²) in [4.78, 5) is 5.61.